The third-order valence-corrected chi connectivity index (χ3v) is 4.85. The molecule has 3 aromatic rings. The molecular weight excluding hydrogens is 427 g/mol. The molecule has 0 spiro atoms. The summed E-state index contributed by atoms with van der Waals surface area (Å²) in [6.07, 6.45) is -2.16. The van der Waals surface area contributed by atoms with Crippen LogP contribution in [0, 0.1) is 6.92 Å². The van der Waals surface area contributed by atoms with E-state index in [-0.39, 0.29) is 21.7 Å². The highest BCUT2D eigenvalue weighted by molar-refractivity contribution is 9.11. The monoisotopic (exact) mass is 435 g/mol. The van der Waals surface area contributed by atoms with Gasteiger partial charge in [-0.3, -0.25) is 9.78 Å². The van der Waals surface area contributed by atoms with Crippen molar-refractivity contribution in [3.63, 3.8) is 0 Å². The van der Waals surface area contributed by atoms with Crippen molar-refractivity contribution in [1.82, 2.24) is 14.5 Å². The fourth-order valence-electron chi connectivity index (χ4n) is 2.24. The minimum absolute atomic E-state index is 0.151. The van der Waals surface area contributed by atoms with E-state index in [1.54, 1.807) is 6.07 Å². The molecule has 0 aromatic carbocycles. The molecule has 0 unspecified atom stereocenters. The van der Waals surface area contributed by atoms with Crippen molar-refractivity contribution in [2.45, 2.75) is 13.1 Å². The lowest BCUT2D eigenvalue weighted by molar-refractivity contribution is -0.153. The zero-order chi connectivity index (χ0) is 18.4. The summed E-state index contributed by atoms with van der Waals surface area (Å²) in [5, 5.41) is 0. The zero-order valence-corrected chi connectivity index (χ0v) is 14.9. The fourth-order valence-corrected chi connectivity index (χ4v) is 3.72. The number of nitrogens with one attached hydrogen (secondary N) is 1. The van der Waals surface area contributed by atoms with Gasteiger partial charge in [-0.15, -0.1) is 11.3 Å². The minimum Gasteiger partial charge on any atom is -0.482 e. The Morgan fingerprint density at radius 2 is 2.08 bits per heavy atom. The standard InChI is InChI=1S/C14H9BrF3N3O3S/c1-6-3-19-4-8(10(6)24-5-14(16,17)18)21-12(22)11-7(20-13(21)23)2-9(15)25-11/h2-4H,5H2,1H3,(H,20,23). The second kappa shape index (κ2) is 6.30. The number of alkyl halides is 3. The number of thiophene rings is 1. The van der Waals surface area contributed by atoms with Crippen LogP contribution in [-0.2, 0) is 0 Å². The maximum atomic E-state index is 12.7. The summed E-state index contributed by atoms with van der Waals surface area (Å²) in [4.78, 5) is 31.3. The van der Waals surface area contributed by atoms with E-state index in [0.717, 1.165) is 22.1 Å². The molecular formula is C14H9BrF3N3O3S. The SMILES string of the molecule is Cc1cncc(-n2c(=O)[nH]c3cc(Br)sc3c2=O)c1OCC(F)(F)F. The number of fused-ring (bicyclic) bond motifs is 1. The number of hydrogen-bond donors (Lipinski definition) is 1. The fraction of sp³-hybridized carbons (Fsp3) is 0.214. The molecule has 0 aliphatic heterocycles. The van der Waals surface area contributed by atoms with Crippen LogP contribution in [0.1, 0.15) is 5.56 Å². The average Bonchev–Trinajstić information content (AvgIpc) is 2.86. The Morgan fingerprint density at radius 3 is 2.76 bits per heavy atom. The van der Waals surface area contributed by atoms with Crippen molar-refractivity contribution >= 4 is 37.5 Å². The number of aromatic amines is 1. The van der Waals surface area contributed by atoms with E-state index >= 15 is 0 Å². The predicted molar refractivity (Wildman–Crippen MR) is 89.8 cm³/mol. The molecule has 0 aliphatic rings. The number of rotatable bonds is 3. The van der Waals surface area contributed by atoms with E-state index in [9.17, 15) is 22.8 Å². The van der Waals surface area contributed by atoms with Gasteiger partial charge >= 0.3 is 11.9 Å². The van der Waals surface area contributed by atoms with Crippen molar-refractivity contribution in [3.8, 4) is 11.4 Å². The van der Waals surface area contributed by atoms with Gasteiger partial charge in [-0.2, -0.15) is 13.2 Å². The van der Waals surface area contributed by atoms with Gasteiger partial charge in [-0.05, 0) is 28.9 Å². The Bertz CT molecular complexity index is 1070. The number of H-pyrrole nitrogens is 1. The highest BCUT2D eigenvalue weighted by atomic mass is 79.9. The lowest BCUT2D eigenvalue weighted by Crippen LogP contribution is -2.33. The van der Waals surface area contributed by atoms with E-state index in [4.69, 9.17) is 4.74 Å². The number of pyridine rings is 1. The molecule has 25 heavy (non-hydrogen) atoms. The molecule has 132 valence electrons. The van der Waals surface area contributed by atoms with Crippen molar-refractivity contribution < 1.29 is 17.9 Å². The van der Waals surface area contributed by atoms with Gasteiger partial charge in [0.25, 0.3) is 5.56 Å². The molecule has 0 bridgehead atoms. The van der Waals surface area contributed by atoms with Gasteiger partial charge in [0, 0.05) is 11.8 Å². The van der Waals surface area contributed by atoms with Crippen molar-refractivity contribution in [3.05, 3.63) is 48.6 Å². The summed E-state index contributed by atoms with van der Waals surface area (Å²) in [5.74, 6) is -0.227. The molecule has 3 aromatic heterocycles. The molecule has 0 radical (unpaired) electrons. The summed E-state index contributed by atoms with van der Waals surface area (Å²) in [6.45, 7) is -0.0774. The lowest BCUT2D eigenvalue weighted by atomic mass is 10.2. The van der Waals surface area contributed by atoms with E-state index in [2.05, 4.69) is 25.9 Å². The molecule has 1 N–H and O–H groups in total. The Hall–Kier alpha value is -2.14. The Labute approximate surface area is 150 Å². The highest BCUT2D eigenvalue weighted by Gasteiger charge is 2.29. The van der Waals surface area contributed by atoms with Crippen LogP contribution in [0.25, 0.3) is 15.9 Å². The highest BCUT2D eigenvalue weighted by Crippen LogP contribution is 2.28. The van der Waals surface area contributed by atoms with Crippen LogP contribution in [0.5, 0.6) is 5.75 Å². The number of ether oxygens (including phenoxy) is 1. The zero-order valence-electron chi connectivity index (χ0n) is 12.5. The first kappa shape index (κ1) is 17.7. The van der Waals surface area contributed by atoms with Crippen LogP contribution in [0.15, 0.2) is 31.8 Å². The average molecular weight is 436 g/mol. The largest absolute Gasteiger partial charge is 0.482 e. The molecule has 0 saturated heterocycles. The van der Waals surface area contributed by atoms with Gasteiger partial charge in [-0.25, -0.2) is 9.36 Å². The lowest BCUT2D eigenvalue weighted by Gasteiger charge is -2.15. The van der Waals surface area contributed by atoms with Gasteiger partial charge < -0.3 is 9.72 Å². The number of aromatic nitrogens is 3. The van der Waals surface area contributed by atoms with Crippen molar-refractivity contribution in [1.29, 1.82) is 0 Å². The van der Waals surface area contributed by atoms with Gasteiger partial charge in [0.1, 0.15) is 16.1 Å². The first-order chi connectivity index (χ1) is 11.7. The molecule has 3 rings (SSSR count). The Balaban J connectivity index is 2.23. The number of halogens is 4. The number of hydrogen-bond acceptors (Lipinski definition) is 5. The summed E-state index contributed by atoms with van der Waals surface area (Å²) in [6, 6.07) is 1.57. The van der Waals surface area contributed by atoms with Crippen LogP contribution in [0.2, 0.25) is 0 Å². The van der Waals surface area contributed by atoms with Crippen LogP contribution in [-0.4, -0.2) is 27.3 Å². The first-order valence-corrected chi connectivity index (χ1v) is 8.37. The quantitative estimate of drug-likeness (QED) is 0.685. The number of aryl methyl sites for hydroxylation is 1. The maximum absolute atomic E-state index is 12.7. The second-order valence-corrected chi connectivity index (χ2v) is 7.50. The second-order valence-electron chi connectivity index (χ2n) is 5.07. The third-order valence-electron chi connectivity index (χ3n) is 3.22. The van der Waals surface area contributed by atoms with Crippen LogP contribution in [0.3, 0.4) is 0 Å². The molecule has 3 heterocycles. The molecule has 0 fully saturated rings. The summed E-state index contributed by atoms with van der Waals surface area (Å²) in [5.41, 5.74) is -1.02. The molecule has 0 saturated carbocycles. The van der Waals surface area contributed by atoms with Gasteiger partial charge in [-0.1, -0.05) is 0 Å². The predicted octanol–water partition coefficient (Wildman–Crippen LogP) is 3.15. The van der Waals surface area contributed by atoms with E-state index in [1.807, 2.05) is 0 Å². The number of nitrogens with zero attached hydrogens (tertiary/aromatic N) is 2. The Morgan fingerprint density at radius 1 is 1.36 bits per heavy atom. The molecule has 0 atom stereocenters. The van der Waals surface area contributed by atoms with E-state index in [0.29, 0.717) is 9.30 Å². The third kappa shape index (κ3) is 3.47. The summed E-state index contributed by atoms with van der Waals surface area (Å²) in [7, 11) is 0. The summed E-state index contributed by atoms with van der Waals surface area (Å²) < 4.78 is 43.9. The molecule has 0 aliphatic carbocycles. The summed E-state index contributed by atoms with van der Waals surface area (Å²) >= 11 is 4.32. The van der Waals surface area contributed by atoms with E-state index in [1.165, 1.54) is 13.1 Å². The Kier molecular flexibility index (Phi) is 4.45. The first-order valence-electron chi connectivity index (χ1n) is 6.76. The maximum Gasteiger partial charge on any atom is 0.422 e. The van der Waals surface area contributed by atoms with Crippen LogP contribution in [0.4, 0.5) is 13.2 Å². The molecule has 6 nitrogen and oxygen atoms in total. The minimum atomic E-state index is -4.56. The molecule has 0 amide bonds. The van der Waals surface area contributed by atoms with Crippen molar-refractivity contribution in [2.24, 2.45) is 0 Å². The van der Waals surface area contributed by atoms with Gasteiger partial charge in [0.2, 0.25) is 0 Å². The van der Waals surface area contributed by atoms with E-state index < -0.39 is 24.0 Å². The van der Waals surface area contributed by atoms with Gasteiger partial charge in [0.05, 0.1) is 15.5 Å². The van der Waals surface area contributed by atoms with Gasteiger partial charge in [0.15, 0.2) is 6.61 Å². The normalized spacial score (nSPS) is 11.9. The topological polar surface area (TPSA) is 77.0 Å². The smallest absolute Gasteiger partial charge is 0.422 e. The molecule has 11 heteroatoms. The van der Waals surface area contributed by atoms with Crippen molar-refractivity contribution in [2.75, 3.05) is 6.61 Å². The van der Waals surface area contributed by atoms with Crippen LogP contribution < -0.4 is 16.0 Å². The van der Waals surface area contributed by atoms with Crippen LogP contribution >= 0.6 is 27.3 Å².